The number of ether oxygens (including phenoxy) is 1. The average Bonchev–Trinajstić information content (AvgIpc) is 2.86. The van der Waals surface area contributed by atoms with Gasteiger partial charge in [-0.1, -0.05) is 67.1 Å². The molecule has 3 aromatic rings. The van der Waals surface area contributed by atoms with Crippen molar-refractivity contribution in [3.05, 3.63) is 77.0 Å². The first-order chi connectivity index (χ1) is 16.6. The highest BCUT2D eigenvalue weighted by Gasteiger charge is 2.25. The van der Waals surface area contributed by atoms with Crippen LogP contribution in [0.2, 0.25) is 0 Å². The van der Waals surface area contributed by atoms with Gasteiger partial charge in [-0.3, -0.25) is 4.90 Å². The summed E-state index contributed by atoms with van der Waals surface area (Å²) in [5.74, 6) is 1.73. The summed E-state index contributed by atoms with van der Waals surface area (Å²) in [5, 5.41) is 10.1. The number of β-amino-alcohol motifs (C(OH)–C–C–N with tert-alkyl or cyclic N) is 1. The summed E-state index contributed by atoms with van der Waals surface area (Å²) in [4.78, 5) is 14.8. The van der Waals surface area contributed by atoms with Crippen LogP contribution in [0.1, 0.15) is 35.7 Å². The minimum absolute atomic E-state index is 0.263. The molecule has 1 fully saturated rings. The first kappa shape index (κ1) is 24.3. The predicted molar refractivity (Wildman–Crippen MR) is 137 cm³/mol. The van der Waals surface area contributed by atoms with E-state index in [1.807, 2.05) is 25.1 Å². The van der Waals surface area contributed by atoms with E-state index < -0.39 is 0 Å². The van der Waals surface area contributed by atoms with Crippen LogP contribution in [0.15, 0.2) is 54.6 Å². The number of aliphatic hydroxyl groups excluding tert-OH is 1. The number of benzene rings is 2. The Balaban J connectivity index is 1.71. The van der Waals surface area contributed by atoms with Gasteiger partial charge in [0.1, 0.15) is 5.82 Å². The molecule has 4 rings (SSSR count). The molecule has 2 heterocycles. The smallest absolute Gasteiger partial charge is 0.161 e. The monoisotopic (exact) mass is 460 g/mol. The zero-order valence-corrected chi connectivity index (χ0v) is 20.6. The summed E-state index contributed by atoms with van der Waals surface area (Å²) in [6, 6.07) is 18.8. The summed E-state index contributed by atoms with van der Waals surface area (Å²) in [7, 11) is 1.72. The average molecular weight is 461 g/mol. The lowest BCUT2D eigenvalue weighted by Gasteiger charge is -2.37. The number of hydrogen-bond acceptors (Lipinski definition) is 6. The molecule has 180 valence electrons. The molecule has 1 atom stereocenters. The number of piperazine rings is 1. The molecule has 34 heavy (non-hydrogen) atoms. The second-order valence-electron chi connectivity index (χ2n) is 9.11. The van der Waals surface area contributed by atoms with Gasteiger partial charge in [0, 0.05) is 57.4 Å². The maximum atomic E-state index is 10.1. The topological polar surface area (TPSA) is 61.7 Å². The molecule has 1 aliphatic rings. The predicted octanol–water partition coefficient (Wildman–Crippen LogP) is 4.08. The van der Waals surface area contributed by atoms with Gasteiger partial charge in [0.2, 0.25) is 0 Å². The highest BCUT2D eigenvalue weighted by atomic mass is 16.5. The molecular weight excluding hydrogens is 424 g/mol. The van der Waals surface area contributed by atoms with Crippen LogP contribution in [0.3, 0.4) is 0 Å². The molecule has 0 bridgehead atoms. The molecule has 1 N–H and O–H groups in total. The maximum absolute atomic E-state index is 10.1. The van der Waals surface area contributed by atoms with Gasteiger partial charge in [-0.15, -0.1) is 0 Å². The number of aryl methyl sites for hydroxylation is 1. The lowest BCUT2D eigenvalue weighted by molar-refractivity contribution is 0.106. The van der Waals surface area contributed by atoms with Crippen LogP contribution < -0.4 is 4.90 Å². The van der Waals surface area contributed by atoms with Crippen molar-refractivity contribution in [2.24, 2.45) is 0 Å². The van der Waals surface area contributed by atoms with Crippen molar-refractivity contribution in [2.75, 3.05) is 44.7 Å². The number of nitrogens with zero attached hydrogens (tertiary/aromatic N) is 4. The minimum atomic E-state index is -0.263. The third-order valence-electron chi connectivity index (χ3n) is 6.46. The van der Waals surface area contributed by atoms with E-state index >= 15 is 0 Å². The Morgan fingerprint density at radius 2 is 1.76 bits per heavy atom. The van der Waals surface area contributed by atoms with Gasteiger partial charge in [-0.2, -0.15) is 0 Å². The zero-order chi connectivity index (χ0) is 23.9. The summed E-state index contributed by atoms with van der Waals surface area (Å²) < 4.78 is 5.59. The first-order valence-corrected chi connectivity index (χ1v) is 12.2. The molecule has 6 nitrogen and oxygen atoms in total. The highest BCUT2D eigenvalue weighted by Crippen LogP contribution is 2.29. The number of anilines is 1. The summed E-state index contributed by atoms with van der Waals surface area (Å²) >= 11 is 0. The fourth-order valence-electron chi connectivity index (χ4n) is 4.53. The lowest BCUT2D eigenvalue weighted by Crippen LogP contribution is -2.49. The van der Waals surface area contributed by atoms with Crippen molar-refractivity contribution in [1.82, 2.24) is 14.9 Å². The Bertz CT molecular complexity index is 1070. The Labute approximate surface area is 203 Å². The van der Waals surface area contributed by atoms with E-state index in [-0.39, 0.29) is 6.10 Å². The Kier molecular flexibility index (Phi) is 8.27. The first-order valence-electron chi connectivity index (χ1n) is 12.2. The molecule has 6 heteroatoms. The normalized spacial score (nSPS) is 15.5. The van der Waals surface area contributed by atoms with Gasteiger partial charge in [-0.25, -0.2) is 9.97 Å². The molecular formula is C28H36N4O2. The molecule has 0 amide bonds. The van der Waals surface area contributed by atoms with Crippen molar-refractivity contribution < 1.29 is 9.84 Å². The summed E-state index contributed by atoms with van der Waals surface area (Å²) in [5.41, 5.74) is 5.58. The molecule has 1 unspecified atom stereocenters. The molecule has 2 aromatic carbocycles. The van der Waals surface area contributed by atoms with E-state index in [1.165, 1.54) is 11.1 Å². The number of aliphatic hydroxyl groups is 1. The van der Waals surface area contributed by atoms with Crippen LogP contribution in [-0.2, 0) is 17.8 Å². The van der Waals surface area contributed by atoms with Crippen molar-refractivity contribution in [3.63, 3.8) is 0 Å². The number of hydrogen-bond donors (Lipinski definition) is 1. The van der Waals surface area contributed by atoms with Crippen molar-refractivity contribution in [1.29, 1.82) is 0 Å². The highest BCUT2D eigenvalue weighted by molar-refractivity contribution is 5.61. The second-order valence-corrected chi connectivity index (χ2v) is 9.11. The Morgan fingerprint density at radius 1 is 1.00 bits per heavy atom. The number of rotatable bonds is 9. The van der Waals surface area contributed by atoms with Crippen LogP contribution in [0.5, 0.6) is 0 Å². The SMILES string of the molecule is CCC(O)CN1CCN(c2nc(-c3ccccc3)nc(COC)c2Cc2cccc(C)c2)CC1. The summed E-state index contributed by atoms with van der Waals surface area (Å²) in [6.45, 7) is 8.88. The standard InChI is InChI=1S/C28H36N4O2/c1-4-24(33)19-31-13-15-32(16-14-31)28-25(18-22-10-8-9-21(2)17-22)26(20-34-3)29-27(30-28)23-11-6-5-7-12-23/h5-12,17,24,33H,4,13-16,18-20H2,1-3H3. The van der Waals surface area contributed by atoms with Crippen molar-refractivity contribution >= 4 is 5.82 Å². The van der Waals surface area contributed by atoms with Crippen LogP contribution in [0.25, 0.3) is 11.4 Å². The molecule has 0 saturated carbocycles. The fourth-order valence-corrected chi connectivity index (χ4v) is 4.53. The van der Waals surface area contributed by atoms with Gasteiger partial charge >= 0.3 is 0 Å². The van der Waals surface area contributed by atoms with Crippen LogP contribution in [-0.4, -0.2) is 65.9 Å². The van der Waals surface area contributed by atoms with Gasteiger partial charge in [0.05, 0.1) is 18.4 Å². The number of aromatic nitrogens is 2. The van der Waals surface area contributed by atoms with E-state index in [9.17, 15) is 5.11 Å². The lowest BCUT2D eigenvalue weighted by atomic mass is 10.0. The third kappa shape index (κ3) is 6.00. The maximum Gasteiger partial charge on any atom is 0.161 e. The quantitative estimate of drug-likeness (QED) is 0.519. The van der Waals surface area contributed by atoms with E-state index in [2.05, 4.69) is 53.1 Å². The molecule has 0 aliphatic carbocycles. The second kappa shape index (κ2) is 11.6. The summed E-state index contributed by atoms with van der Waals surface area (Å²) in [6.07, 6.45) is 1.29. The molecule has 0 radical (unpaired) electrons. The van der Waals surface area contributed by atoms with Crippen molar-refractivity contribution in [3.8, 4) is 11.4 Å². The zero-order valence-electron chi connectivity index (χ0n) is 20.6. The van der Waals surface area contributed by atoms with Crippen molar-refractivity contribution in [2.45, 2.75) is 39.4 Å². The van der Waals surface area contributed by atoms with E-state index in [0.717, 1.165) is 74.0 Å². The van der Waals surface area contributed by atoms with Crippen LogP contribution in [0, 0.1) is 6.92 Å². The van der Waals surface area contributed by atoms with Gasteiger partial charge in [-0.05, 0) is 18.9 Å². The van der Waals surface area contributed by atoms with E-state index in [0.29, 0.717) is 6.61 Å². The minimum Gasteiger partial charge on any atom is -0.392 e. The van der Waals surface area contributed by atoms with Gasteiger partial charge < -0.3 is 14.7 Å². The fraction of sp³-hybridized carbons (Fsp3) is 0.429. The largest absolute Gasteiger partial charge is 0.392 e. The molecule has 1 aliphatic heterocycles. The Hall–Kier alpha value is -2.80. The van der Waals surface area contributed by atoms with Gasteiger partial charge in [0.25, 0.3) is 0 Å². The molecule has 1 saturated heterocycles. The molecule has 1 aromatic heterocycles. The Morgan fingerprint density at radius 3 is 2.44 bits per heavy atom. The van der Waals surface area contributed by atoms with Gasteiger partial charge in [0.15, 0.2) is 5.82 Å². The number of methoxy groups -OCH3 is 1. The van der Waals surface area contributed by atoms with E-state index in [1.54, 1.807) is 7.11 Å². The van der Waals surface area contributed by atoms with Crippen LogP contribution in [0.4, 0.5) is 5.82 Å². The third-order valence-corrected chi connectivity index (χ3v) is 6.46. The van der Waals surface area contributed by atoms with Crippen LogP contribution >= 0.6 is 0 Å². The van der Waals surface area contributed by atoms with E-state index in [4.69, 9.17) is 14.7 Å². The molecule has 0 spiro atoms.